The highest BCUT2D eigenvalue weighted by Gasteiger charge is 2.24. The van der Waals surface area contributed by atoms with Gasteiger partial charge in [-0.15, -0.1) is 0 Å². The van der Waals surface area contributed by atoms with E-state index < -0.39 is 0 Å². The predicted octanol–water partition coefficient (Wildman–Crippen LogP) is 2.79. The quantitative estimate of drug-likeness (QED) is 0.849. The summed E-state index contributed by atoms with van der Waals surface area (Å²) in [6.07, 6.45) is 2.85. The van der Waals surface area contributed by atoms with Gasteiger partial charge in [0.25, 0.3) is 0 Å². The minimum absolute atomic E-state index is 0.129. The fraction of sp³-hybridized carbons (Fsp3) is 0.421. The van der Waals surface area contributed by atoms with E-state index in [9.17, 15) is 9.59 Å². The molecule has 0 spiro atoms. The van der Waals surface area contributed by atoms with Crippen LogP contribution in [0.1, 0.15) is 30.6 Å². The molecule has 1 N–H and O–H groups in total. The Labute approximate surface area is 147 Å². The third-order valence-corrected chi connectivity index (χ3v) is 4.54. The molecule has 0 bridgehead atoms. The Balaban J connectivity index is 1.42. The minimum atomic E-state index is -0.357. The topological polar surface area (TPSA) is 75.4 Å². The van der Waals surface area contributed by atoms with Crippen LogP contribution in [0.2, 0.25) is 0 Å². The molecule has 6 heteroatoms. The smallest absolute Gasteiger partial charge is 0.235 e. The number of likely N-dealkylation sites (tertiary alicyclic amines) is 1. The van der Waals surface area contributed by atoms with E-state index in [4.69, 9.17) is 4.52 Å². The monoisotopic (exact) mass is 341 g/mol. The van der Waals surface area contributed by atoms with Crippen LogP contribution in [0.3, 0.4) is 0 Å². The summed E-state index contributed by atoms with van der Waals surface area (Å²) < 4.78 is 4.89. The van der Waals surface area contributed by atoms with E-state index in [0.29, 0.717) is 30.6 Å². The van der Waals surface area contributed by atoms with E-state index in [2.05, 4.69) is 34.7 Å². The van der Waals surface area contributed by atoms with Gasteiger partial charge in [0.15, 0.2) is 5.82 Å². The van der Waals surface area contributed by atoms with E-state index >= 15 is 0 Å². The first kappa shape index (κ1) is 17.2. The zero-order valence-electron chi connectivity index (χ0n) is 14.4. The summed E-state index contributed by atoms with van der Waals surface area (Å²) in [5, 5.41) is 6.28. The van der Waals surface area contributed by atoms with E-state index in [1.54, 1.807) is 17.9 Å². The van der Waals surface area contributed by atoms with Gasteiger partial charge < -0.3 is 14.7 Å². The van der Waals surface area contributed by atoms with E-state index in [1.165, 1.54) is 5.56 Å². The molecular weight excluding hydrogens is 318 g/mol. The lowest BCUT2D eigenvalue weighted by molar-refractivity contribution is -0.135. The Kier molecular flexibility index (Phi) is 5.48. The van der Waals surface area contributed by atoms with Gasteiger partial charge in [-0.2, -0.15) is 0 Å². The van der Waals surface area contributed by atoms with Gasteiger partial charge >= 0.3 is 0 Å². The second-order valence-corrected chi connectivity index (χ2v) is 6.56. The minimum Gasteiger partial charge on any atom is -0.360 e. The number of hydrogen-bond donors (Lipinski definition) is 1. The van der Waals surface area contributed by atoms with Crippen molar-refractivity contribution in [1.82, 2.24) is 10.1 Å². The van der Waals surface area contributed by atoms with Gasteiger partial charge in [0, 0.05) is 19.2 Å². The molecule has 3 rings (SSSR count). The molecule has 0 aliphatic carbocycles. The van der Waals surface area contributed by atoms with Crippen LogP contribution in [0.5, 0.6) is 0 Å². The number of piperidine rings is 1. The van der Waals surface area contributed by atoms with Crippen LogP contribution in [-0.2, 0) is 16.0 Å². The summed E-state index contributed by atoms with van der Waals surface area (Å²) in [5.41, 5.74) is 1.34. The number of nitrogens with one attached hydrogen (secondary N) is 1. The van der Waals surface area contributed by atoms with Crippen LogP contribution in [-0.4, -0.2) is 35.0 Å². The molecule has 1 aromatic carbocycles. The summed E-state index contributed by atoms with van der Waals surface area (Å²) in [6.45, 7) is 3.17. The molecule has 0 atom stereocenters. The van der Waals surface area contributed by atoms with Gasteiger partial charge in [0.2, 0.25) is 11.8 Å². The Bertz CT molecular complexity index is 719. The van der Waals surface area contributed by atoms with E-state index in [-0.39, 0.29) is 18.2 Å². The molecule has 2 amide bonds. The van der Waals surface area contributed by atoms with Crippen molar-refractivity contribution in [1.29, 1.82) is 0 Å². The van der Waals surface area contributed by atoms with Crippen molar-refractivity contribution in [3.63, 3.8) is 0 Å². The second kappa shape index (κ2) is 7.96. The van der Waals surface area contributed by atoms with Gasteiger partial charge in [-0.05, 0) is 37.7 Å². The third kappa shape index (κ3) is 4.92. The first-order valence-electron chi connectivity index (χ1n) is 8.65. The average Bonchev–Trinajstić information content (AvgIpc) is 3.01. The van der Waals surface area contributed by atoms with Crippen molar-refractivity contribution in [3.8, 4) is 0 Å². The number of hydrogen-bond acceptors (Lipinski definition) is 4. The largest absolute Gasteiger partial charge is 0.360 e. The van der Waals surface area contributed by atoms with Gasteiger partial charge in [-0.3, -0.25) is 9.59 Å². The fourth-order valence-corrected chi connectivity index (χ4v) is 3.20. The maximum atomic E-state index is 12.3. The maximum Gasteiger partial charge on any atom is 0.235 e. The number of benzene rings is 1. The molecular formula is C19H23N3O3. The number of amides is 2. The van der Waals surface area contributed by atoms with E-state index in [1.807, 2.05) is 6.07 Å². The molecule has 1 saturated heterocycles. The van der Waals surface area contributed by atoms with Crippen molar-refractivity contribution >= 4 is 17.6 Å². The summed E-state index contributed by atoms with van der Waals surface area (Å²) in [5.74, 6) is 1.07. The van der Waals surface area contributed by atoms with Gasteiger partial charge in [-0.1, -0.05) is 35.5 Å². The van der Waals surface area contributed by atoms with Gasteiger partial charge in [0.05, 0.1) is 0 Å². The van der Waals surface area contributed by atoms with Crippen molar-refractivity contribution in [2.75, 3.05) is 18.4 Å². The molecule has 0 radical (unpaired) electrons. The predicted molar refractivity (Wildman–Crippen MR) is 93.9 cm³/mol. The van der Waals surface area contributed by atoms with Crippen molar-refractivity contribution in [3.05, 3.63) is 47.7 Å². The number of carbonyl (C=O) groups is 2. The number of anilines is 1. The Morgan fingerprint density at radius 2 is 1.96 bits per heavy atom. The average molecular weight is 341 g/mol. The highest BCUT2D eigenvalue weighted by atomic mass is 16.5. The highest BCUT2D eigenvalue weighted by Crippen LogP contribution is 2.22. The SMILES string of the molecule is Cc1cc(NC(=O)CC(=O)N2CCC(Cc3ccccc3)CC2)no1. The van der Waals surface area contributed by atoms with Gasteiger partial charge in [-0.25, -0.2) is 0 Å². The molecule has 2 aromatic rings. The highest BCUT2D eigenvalue weighted by molar-refractivity contribution is 6.03. The summed E-state index contributed by atoms with van der Waals surface area (Å²) in [4.78, 5) is 26.0. The molecule has 0 saturated carbocycles. The molecule has 1 fully saturated rings. The zero-order valence-corrected chi connectivity index (χ0v) is 14.4. The van der Waals surface area contributed by atoms with Crippen molar-refractivity contribution in [2.24, 2.45) is 5.92 Å². The summed E-state index contributed by atoms with van der Waals surface area (Å²) >= 11 is 0. The van der Waals surface area contributed by atoms with Crippen LogP contribution >= 0.6 is 0 Å². The van der Waals surface area contributed by atoms with Gasteiger partial charge in [0.1, 0.15) is 12.2 Å². The Hall–Kier alpha value is -2.63. The zero-order chi connectivity index (χ0) is 17.6. The third-order valence-electron chi connectivity index (χ3n) is 4.54. The Morgan fingerprint density at radius 3 is 2.60 bits per heavy atom. The molecule has 1 aliphatic heterocycles. The number of rotatable bonds is 5. The van der Waals surface area contributed by atoms with Crippen LogP contribution < -0.4 is 5.32 Å². The number of carbonyl (C=O) groups excluding carboxylic acids is 2. The fourth-order valence-electron chi connectivity index (χ4n) is 3.20. The number of aromatic nitrogens is 1. The molecule has 0 unspecified atom stereocenters. The lowest BCUT2D eigenvalue weighted by Crippen LogP contribution is -2.40. The van der Waals surface area contributed by atoms with Crippen LogP contribution in [0.15, 0.2) is 40.9 Å². The summed E-state index contributed by atoms with van der Waals surface area (Å²) in [7, 11) is 0. The molecule has 25 heavy (non-hydrogen) atoms. The molecule has 6 nitrogen and oxygen atoms in total. The lowest BCUT2D eigenvalue weighted by Gasteiger charge is -2.32. The first-order chi connectivity index (χ1) is 12.1. The van der Waals surface area contributed by atoms with Crippen molar-refractivity contribution < 1.29 is 14.1 Å². The lowest BCUT2D eigenvalue weighted by atomic mass is 9.90. The molecule has 132 valence electrons. The summed E-state index contributed by atoms with van der Waals surface area (Å²) in [6, 6.07) is 12.1. The normalized spacial score (nSPS) is 15.2. The van der Waals surface area contributed by atoms with Crippen LogP contribution in [0, 0.1) is 12.8 Å². The van der Waals surface area contributed by atoms with Crippen LogP contribution in [0.25, 0.3) is 0 Å². The van der Waals surface area contributed by atoms with Crippen LogP contribution in [0.4, 0.5) is 5.82 Å². The standard InChI is InChI=1S/C19H23N3O3/c1-14-11-17(21-25-14)20-18(23)13-19(24)22-9-7-16(8-10-22)12-15-5-3-2-4-6-15/h2-6,11,16H,7-10,12-13H2,1H3,(H,20,21,23). The second-order valence-electron chi connectivity index (χ2n) is 6.56. The Morgan fingerprint density at radius 1 is 1.24 bits per heavy atom. The first-order valence-corrected chi connectivity index (χ1v) is 8.65. The molecule has 1 aliphatic rings. The number of nitrogens with zero attached hydrogens (tertiary/aromatic N) is 2. The van der Waals surface area contributed by atoms with E-state index in [0.717, 1.165) is 19.3 Å². The molecule has 1 aromatic heterocycles. The maximum absolute atomic E-state index is 12.3. The molecule has 2 heterocycles. The number of aryl methyl sites for hydroxylation is 1. The van der Waals surface area contributed by atoms with Crippen molar-refractivity contribution in [2.45, 2.75) is 32.6 Å².